The Morgan fingerprint density at radius 3 is 2.64 bits per heavy atom. The molecular weight excluding hydrogens is 530 g/mol. The molecule has 212 valence electrons. The lowest BCUT2D eigenvalue weighted by atomic mass is 10.1. The fourth-order valence-corrected chi connectivity index (χ4v) is 4.38. The van der Waals surface area contributed by atoms with Crippen LogP contribution >= 0.6 is 0 Å². The molecule has 0 unspecified atom stereocenters. The number of likely N-dealkylation sites (N-methyl/N-ethyl adjacent to an activating group) is 1. The van der Waals surface area contributed by atoms with Crippen molar-refractivity contribution in [3.63, 3.8) is 0 Å². The van der Waals surface area contributed by atoms with Crippen molar-refractivity contribution in [2.75, 3.05) is 30.8 Å². The van der Waals surface area contributed by atoms with E-state index in [0.717, 1.165) is 29.8 Å². The lowest BCUT2D eigenvalue weighted by molar-refractivity contribution is -0.111. The van der Waals surface area contributed by atoms with Crippen LogP contribution in [0.3, 0.4) is 0 Å². The molecule has 0 aliphatic carbocycles. The average molecular weight is 562 g/mol. The fraction of sp³-hybridized carbons (Fsp3) is 0.152. The van der Waals surface area contributed by atoms with Crippen LogP contribution < -0.4 is 20.1 Å². The monoisotopic (exact) mass is 561 g/mol. The van der Waals surface area contributed by atoms with Crippen molar-refractivity contribution >= 4 is 23.2 Å². The molecular formula is C33H31N5O4. The second-order valence-electron chi connectivity index (χ2n) is 9.75. The second-order valence-corrected chi connectivity index (χ2v) is 9.75. The Balaban J connectivity index is 1.43. The number of aromatic nitrogens is 2. The van der Waals surface area contributed by atoms with E-state index in [1.165, 1.54) is 6.08 Å². The third kappa shape index (κ3) is 7.67. The zero-order valence-corrected chi connectivity index (χ0v) is 23.2. The molecule has 2 N–H and O–H groups in total. The van der Waals surface area contributed by atoms with Crippen LogP contribution in [0.4, 0.5) is 11.4 Å². The summed E-state index contributed by atoms with van der Waals surface area (Å²) in [6.45, 7) is 5.37. The number of hydrogen-bond acceptors (Lipinski definition) is 7. The molecule has 4 aromatic rings. The van der Waals surface area contributed by atoms with Crippen molar-refractivity contribution in [3.8, 4) is 28.8 Å². The van der Waals surface area contributed by atoms with Crippen molar-refractivity contribution < 1.29 is 19.1 Å². The average Bonchev–Trinajstić information content (AvgIpc) is 2.99. The van der Waals surface area contributed by atoms with Crippen molar-refractivity contribution in [2.24, 2.45) is 0 Å². The van der Waals surface area contributed by atoms with E-state index in [0.29, 0.717) is 41.5 Å². The number of carbonyl (C=O) groups excluding carboxylic acids is 2. The Morgan fingerprint density at radius 2 is 1.81 bits per heavy atom. The number of ether oxygens (including phenoxy) is 2. The Morgan fingerprint density at radius 1 is 0.952 bits per heavy atom. The zero-order valence-electron chi connectivity index (χ0n) is 23.2. The van der Waals surface area contributed by atoms with Crippen molar-refractivity contribution in [1.82, 2.24) is 14.9 Å². The zero-order chi connectivity index (χ0) is 29.3. The van der Waals surface area contributed by atoms with Gasteiger partial charge in [-0.15, -0.1) is 0 Å². The minimum absolute atomic E-state index is 0.183. The lowest BCUT2D eigenvalue weighted by Gasteiger charge is -2.17. The molecule has 1 aliphatic heterocycles. The predicted octanol–water partition coefficient (Wildman–Crippen LogP) is 6.08. The first kappa shape index (κ1) is 28.3. The van der Waals surface area contributed by atoms with Gasteiger partial charge in [-0.2, -0.15) is 4.98 Å². The first-order chi connectivity index (χ1) is 20.4. The van der Waals surface area contributed by atoms with Crippen LogP contribution in [0.15, 0.2) is 104 Å². The van der Waals surface area contributed by atoms with Crippen LogP contribution in [-0.4, -0.2) is 46.9 Å². The minimum atomic E-state index is -0.322. The molecule has 9 nitrogen and oxygen atoms in total. The highest BCUT2D eigenvalue weighted by atomic mass is 16.5. The molecule has 0 saturated heterocycles. The van der Waals surface area contributed by atoms with Gasteiger partial charge in [0.15, 0.2) is 0 Å². The van der Waals surface area contributed by atoms with Crippen LogP contribution in [-0.2, 0) is 11.3 Å². The molecule has 3 aromatic carbocycles. The fourth-order valence-electron chi connectivity index (χ4n) is 4.38. The maximum Gasteiger partial charge on any atom is 0.322 e. The van der Waals surface area contributed by atoms with E-state index in [1.54, 1.807) is 36.5 Å². The lowest BCUT2D eigenvalue weighted by Crippen LogP contribution is -2.18. The number of amides is 2. The molecule has 2 amide bonds. The third-order valence-corrected chi connectivity index (χ3v) is 6.39. The smallest absolute Gasteiger partial charge is 0.322 e. The van der Waals surface area contributed by atoms with E-state index in [9.17, 15) is 9.59 Å². The third-order valence-electron chi connectivity index (χ3n) is 6.39. The Bertz CT molecular complexity index is 1620. The number of rotatable bonds is 4. The normalized spacial score (nSPS) is 14.2. The van der Waals surface area contributed by atoms with Crippen molar-refractivity contribution in [3.05, 3.63) is 115 Å². The molecule has 0 saturated carbocycles. The van der Waals surface area contributed by atoms with Gasteiger partial charge in [0.2, 0.25) is 5.91 Å². The van der Waals surface area contributed by atoms with E-state index >= 15 is 0 Å². The van der Waals surface area contributed by atoms with Gasteiger partial charge in [-0.3, -0.25) is 14.5 Å². The Kier molecular flexibility index (Phi) is 9.00. The summed E-state index contributed by atoms with van der Waals surface area (Å²) in [5.74, 6) is 0.636. The molecule has 0 fully saturated rings. The molecule has 9 heteroatoms. The highest BCUT2D eigenvalue weighted by Crippen LogP contribution is 2.28. The second kappa shape index (κ2) is 13.4. The summed E-state index contributed by atoms with van der Waals surface area (Å²) in [5, 5.41) is 5.63. The number of carbonyl (C=O) groups is 2. The number of hydrogen-bond donors (Lipinski definition) is 2. The summed E-state index contributed by atoms with van der Waals surface area (Å²) in [4.78, 5) is 35.7. The maximum absolute atomic E-state index is 13.1. The first-order valence-corrected chi connectivity index (χ1v) is 13.5. The van der Waals surface area contributed by atoms with E-state index in [4.69, 9.17) is 9.47 Å². The molecule has 42 heavy (non-hydrogen) atoms. The number of benzene rings is 3. The van der Waals surface area contributed by atoms with E-state index in [1.807, 2.05) is 49.5 Å². The van der Waals surface area contributed by atoms with E-state index in [2.05, 4.69) is 44.2 Å². The first-order valence-electron chi connectivity index (χ1n) is 13.5. The highest BCUT2D eigenvalue weighted by Gasteiger charge is 2.12. The van der Waals surface area contributed by atoms with Crippen LogP contribution in [0.1, 0.15) is 22.3 Å². The van der Waals surface area contributed by atoms with Gasteiger partial charge in [0, 0.05) is 47.9 Å². The molecule has 2 heterocycles. The number of nitrogens with one attached hydrogen (secondary N) is 2. The highest BCUT2D eigenvalue weighted by molar-refractivity contribution is 6.05. The summed E-state index contributed by atoms with van der Waals surface area (Å²) in [5.41, 5.74) is 4.09. The van der Waals surface area contributed by atoms with Gasteiger partial charge in [-0.05, 0) is 79.7 Å². The predicted molar refractivity (Wildman–Crippen MR) is 163 cm³/mol. The van der Waals surface area contributed by atoms with Gasteiger partial charge in [0.05, 0.1) is 12.3 Å². The maximum atomic E-state index is 13.1. The number of anilines is 2. The molecule has 5 rings (SSSR count). The summed E-state index contributed by atoms with van der Waals surface area (Å²) in [6.07, 6.45) is 7.85. The molecule has 0 spiro atoms. The number of fused-ring (bicyclic) bond motifs is 7. The van der Waals surface area contributed by atoms with Gasteiger partial charge < -0.3 is 20.1 Å². The van der Waals surface area contributed by atoms with Crippen molar-refractivity contribution in [2.45, 2.75) is 13.0 Å². The molecule has 0 atom stereocenters. The summed E-state index contributed by atoms with van der Waals surface area (Å²) in [7, 11) is 2.02. The minimum Gasteiger partial charge on any atom is -0.493 e. The quantitative estimate of drug-likeness (QED) is 0.230. The molecule has 1 aromatic heterocycles. The Hall–Kier alpha value is -5.28. The van der Waals surface area contributed by atoms with Gasteiger partial charge in [-0.25, -0.2) is 4.98 Å². The molecule has 1 aliphatic rings. The SMILES string of the molecule is C=CC(=O)Nc1ccc(C(=O)Nc2cc3cc(c2)Oc2nccc(n2)-c2cccc(c2)OCC/C=C/CN(C)C3)cc1. The van der Waals surface area contributed by atoms with Crippen LogP contribution in [0.25, 0.3) is 11.3 Å². The standard InChI is InChI=1S/C33H31N5O4/c1-3-31(39)35-26-12-10-24(11-13-26)32(40)36-27-18-23-19-29(21-27)42-33-34-15-14-30(37-33)25-8-7-9-28(20-25)41-17-6-4-5-16-38(2)22-23/h3-5,7-15,18-21H,1,6,16-17,22H2,2H3,(H,35,39)(H,36,40)/b5-4+. The van der Waals surface area contributed by atoms with Gasteiger partial charge >= 0.3 is 6.01 Å². The number of nitrogens with zero attached hydrogens (tertiary/aromatic N) is 3. The van der Waals surface area contributed by atoms with Gasteiger partial charge in [-0.1, -0.05) is 30.9 Å². The van der Waals surface area contributed by atoms with Crippen LogP contribution in [0, 0.1) is 0 Å². The van der Waals surface area contributed by atoms with Gasteiger partial charge in [0.1, 0.15) is 11.5 Å². The molecule has 0 radical (unpaired) electrons. The van der Waals surface area contributed by atoms with Gasteiger partial charge in [0.25, 0.3) is 5.91 Å². The van der Waals surface area contributed by atoms with E-state index in [-0.39, 0.29) is 17.8 Å². The van der Waals surface area contributed by atoms with Crippen LogP contribution in [0.5, 0.6) is 17.5 Å². The van der Waals surface area contributed by atoms with Crippen molar-refractivity contribution in [1.29, 1.82) is 0 Å². The Labute approximate surface area is 244 Å². The summed E-state index contributed by atoms with van der Waals surface area (Å²) < 4.78 is 12.0. The molecule has 6 bridgehead atoms. The van der Waals surface area contributed by atoms with Crippen LogP contribution in [0.2, 0.25) is 0 Å². The van der Waals surface area contributed by atoms with E-state index < -0.39 is 0 Å². The topological polar surface area (TPSA) is 106 Å². The summed E-state index contributed by atoms with van der Waals surface area (Å²) >= 11 is 0. The largest absolute Gasteiger partial charge is 0.493 e. The summed E-state index contributed by atoms with van der Waals surface area (Å²) in [6, 6.07) is 21.9.